The molecule has 0 aromatic rings. The van der Waals surface area contributed by atoms with Gasteiger partial charge >= 0.3 is 6.18 Å². The lowest BCUT2D eigenvalue weighted by molar-refractivity contribution is -0.143. The molecule has 0 aromatic carbocycles. The van der Waals surface area contributed by atoms with E-state index in [0.29, 0.717) is 38.6 Å². The second kappa shape index (κ2) is 12.1. The third-order valence-electron chi connectivity index (χ3n) is 2.12. The summed E-state index contributed by atoms with van der Waals surface area (Å²) in [5.41, 5.74) is 0. The number of alkyl halides is 3. The van der Waals surface area contributed by atoms with Crippen LogP contribution in [0.1, 0.15) is 13.3 Å². The van der Waals surface area contributed by atoms with E-state index >= 15 is 0 Å². The normalized spacial score (nSPS) is 11.8. The van der Waals surface area contributed by atoms with Crippen molar-refractivity contribution in [3.63, 3.8) is 0 Å². The van der Waals surface area contributed by atoms with Crippen molar-refractivity contribution in [3.8, 4) is 12.3 Å². The van der Waals surface area contributed by atoms with Crippen LogP contribution in [0.25, 0.3) is 0 Å². The van der Waals surface area contributed by atoms with Gasteiger partial charge in [-0.2, -0.15) is 13.2 Å². The smallest absolute Gasteiger partial charge is 0.357 e. The fraction of sp³-hybridized carbons (Fsp3) is 0.750. The highest BCUT2D eigenvalue weighted by molar-refractivity contribution is 14.0. The van der Waals surface area contributed by atoms with Gasteiger partial charge in [-0.05, 0) is 26.9 Å². The Bertz CT molecular complexity index is 313. The van der Waals surface area contributed by atoms with Gasteiger partial charge in [0.25, 0.3) is 0 Å². The van der Waals surface area contributed by atoms with Crippen molar-refractivity contribution >= 4 is 29.9 Å². The molecule has 0 fully saturated rings. The maximum absolute atomic E-state index is 12.1. The first-order valence-corrected chi connectivity index (χ1v) is 6.10. The van der Waals surface area contributed by atoms with Crippen LogP contribution in [0.2, 0.25) is 0 Å². The lowest BCUT2D eigenvalue weighted by atomic mass is 10.4. The Morgan fingerprint density at radius 2 is 2.00 bits per heavy atom. The van der Waals surface area contributed by atoms with Gasteiger partial charge in [-0.1, -0.05) is 5.92 Å². The topological polar surface area (TPSA) is 39.7 Å². The fourth-order valence-corrected chi connectivity index (χ4v) is 1.39. The molecule has 0 aliphatic rings. The minimum atomic E-state index is -4.15. The maximum atomic E-state index is 12.1. The van der Waals surface area contributed by atoms with Gasteiger partial charge in [-0.15, -0.1) is 30.4 Å². The van der Waals surface area contributed by atoms with Crippen molar-refractivity contribution in [1.82, 2.24) is 15.5 Å². The van der Waals surface area contributed by atoms with Gasteiger partial charge in [0.1, 0.15) is 0 Å². The molecule has 0 unspecified atom stereocenters. The monoisotopic (exact) mass is 406 g/mol. The summed E-state index contributed by atoms with van der Waals surface area (Å²) in [4.78, 5) is 5.44. The number of hydrogen-bond donors (Lipinski definition) is 2. The maximum Gasteiger partial charge on any atom is 0.401 e. The van der Waals surface area contributed by atoms with E-state index in [2.05, 4.69) is 21.5 Å². The SMILES string of the molecule is C#CCNC(=NCCCN(C)CC(F)(F)F)NCC.I. The number of guanidine groups is 1. The molecule has 0 saturated heterocycles. The number of aliphatic imine (C=N–C) groups is 1. The van der Waals surface area contributed by atoms with Crippen LogP contribution in [0, 0.1) is 12.3 Å². The highest BCUT2D eigenvalue weighted by Gasteiger charge is 2.28. The second-order valence-electron chi connectivity index (χ2n) is 4.02. The molecule has 0 rings (SSSR count). The van der Waals surface area contributed by atoms with Gasteiger partial charge in [-0.25, -0.2) is 0 Å². The van der Waals surface area contributed by atoms with Gasteiger partial charge < -0.3 is 10.6 Å². The number of halogens is 4. The van der Waals surface area contributed by atoms with Crippen LogP contribution in [0.15, 0.2) is 4.99 Å². The van der Waals surface area contributed by atoms with Crippen LogP contribution in [0.5, 0.6) is 0 Å². The van der Waals surface area contributed by atoms with E-state index in [1.807, 2.05) is 6.92 Å². The number of hydrogen-bond acceptors (Lipinski definition) is 2. The molecule has 0 saturated carbocycles. The Hall–Kier alpha value is -0.690. The minimum absolute atomic E-state index is 0. The zero-order valence-corrected chi connectivity index (χ0v) is 14.1. The Morgan fingerprint density at radius 1 is 1.35 bits per heavy atom. The quantitative estimate of drug-likeness (QED) is 0.222. The number of nitrogens with zero attached hydrogens (tertiary/aromatic N) is 2. The minimum Gasteiger partial charge on any atom is -0.357 e. The molecular weight excluding hydrogens is 384 g/mol. The predicted molar refractivity (Wildman–Crippen MR) is 86.4 cm³/mol. The molecule has 0 heterocycles. The summed E-state index contributed by atoms with van der Waals surface area (Å²) in [5, 5.41) is 5.90. The van der Waals surface area contributed by atoms with E-state index in [4.69, 9.17) is 6.42 Å². The summed E-state index contributed by atoms with van der Waals surface area (Å²) in [6.07, 6.45) is 1.52. The van der Waals surface area contributed by atoms with Crippen molar-refractivity contribution in [2.45, 2.75) is 19.5 Å². The predicted octanol–water partition coefficient (Wildman–Crippen LogP) is 1.68. The second-order valence-corrected chi connectivity index (χ2v) is 4.02. The van der Waals surface area contributed by atoms with E-state index in [0.717, 1.165) is 0 Å². The molecular formula is C12H22F3IN4. The molecule has 0 bridgehead atoms. The summed E-state index contributed by atoms with van der Waals surface area (Å²) < 4.78 is 36.2. The third-order valence-corrected chi connectivity index (χ3v) is 2.12. The van der Waals surface area contributed by atoms with E-state index < -0.39 is 12.7 Å². The van der Waals surface area contributed by atoms with Gasteiger partial charge in [0.2, 0.25) is 0 Å². The summed E-state index contributed by atoms with van der Waals surface area (Å²) in [7, 11) is 1.44. The number of rotatable bonds is 7. The molecule has 4 nitrogen and oxygen atoms in total. The van der Waals surface area contributed by atoms with Crippen LogP contribution in [-0.2, 0) is 0 Å². The van der Waals surface area contributed by atoms with Crippen molar-refractivity contribution < 1.29 is 13.2 Å². The Labute approximate surface area is 135 Å². The van der Waals surface area contributed by atoms with E-state index in [-0.39, 0.29) is 24.0 Å². The summed E-state index contributed by atoms with van der Waals surface area (Å²) in [6, 6.07) is 0. The van der Waals surface area contributed by atoms with Crippen molar-refractivity contribution in [2.75, 3.05) is 39.8 Å². The van der Waals surface area contributed by atoms with Crippen LogP contribution in [0.4, 0.5) is 13.2 Å². The zero-order valence-electron chi connectivity index (χ0n) is 11.8. The third kappa shape index (κ3) is 13.7. The first-order chi connectivity index (χ1) is 8.89. The lowest BCUT2D eigenvalue weighted by Crippen LogP contribution is -2.37. The molecule has 0 aliphatic carbocycles. The van der Waals surface area contributed by atoms with Crippen LogP contribution >= 0.6 is 24.0 Å². The summed E-state index contributed by atoms with van der Waals surface area (Å²) in [5.74, 6) is 3.01. The van der Waals surface area contributed by atoms with Gasteiger partial charge in [0, 0.05) is 13.1 Å². The highest BCUT2D eigenvalue weighted by atomic mass is 127. The Morgan fingerprint density at radius 3 is 2.50 bits per heavy atom. The fourth-order valence-electron chi connectivity index (χ4n) is 1.39. The average Bonchev–Trinajstić information content (AvgIpc) is 2.29. The van der Waals surface area contributed by atoms with Crippen molar-refractivity contribution in [1.29, 1.82) is 0 Å². The molecule has 2 N–H and O–H groups in total. The Kier molecular flexibility index (Phi) is 13.1. The van der Waals surface area contributed by atoms with E-state index in [1.54, 1.807) is 0 Å². The lowest BCUT2D eigenvalue weighted by Gasteiger charge is -2.17. The summed E-state index contributed by atoms with van der Waals surface area (Å²) >= 11 is 0. The molecule has 0 aromatic heterocycles. The molecule has 8 heteroatoms. The van der Waals surface area contributed by atoms with Crippen LogP contribution < -0.4 is 10.6 Å². The molecule has 0 atom stereocenters. The first kappa shape index (κ1) is 21.6. The molecule has 0 spiro atoms. The first-order valence-electron chi connectivity index (χ1n) is 6.10. The van der Waals surface area contributed by atoms with Crippen molar-refractivity contribution in [2.24, 2.45) is 4.99 Å². The van der Waals surface area contributed by atoms with E-state index in [1.165, 1.54) is 11.9 Å². The Balaban J connectivity index is 0. The van der Waals surface area contributed by atoms with Crippen LogP contribution in [0.3, 0.4) is 0 Å². The van der Waals surface area contributed by atoms with Crippen LogP contribution in [-0.4, -0.2) is 56.8 Å². The summed E-state index contributed by atoms with van der Waals surface area (Å²) in [6.45, 7) is 2.88. The van der Waals surface area contributed by atoms with Gasteiger partial charge in [0.05, 0.1) is 13.1 Å². The van der Waals surface area contributed by atoms with Gasteiger partial charge in [0.15, 0.2) is 5.96 Å². The highest BCUT2D eigenvalue weighted by Crippen LogP contribution is 2.15. The molecule has 20 heavy (non-hydrogen) atoms. The molecule has 0 aliphatic heterocycles. The number of terminal acetylenes is 1. The van der Waals surface area contributed by atoms with E-state index in [9.17, 15) is 13.2 Å². The zero-order chi connectivity index (χ0) is 14.7. The molecule has 118 valence electrons. The largest absolute Gasteiger partial charge is 0.401 e. The standard InChI is InChI=1S/C12H21F3N4.HI/c1-4-7-17-11(16-5-2)18-8-6-9-19(3)10-12(13,14)15;/h1H,5-10H2,2-3H3,(H2,16,17,18);1H. The van der Waals surface area contributed by atoms with Crippen molar-refractivity contribution in [3.05, 3.63) is 0 Å². The molecule has 0 radical (unpaired) electrons. The average molecular weight is 406 g/mol. The van der Waals surface area contributed by atoms with Gasteiger partial charge in [-0.3, -0.25) is 9.89 Å². The molecule has 0 amide bonds. The number of nitrogens with one attached hydrogen (secondary N) is 2.